The third-order valence-corrected chi connectivity index (χ3v) is 6.02. The van der Waals surface area contributed by atoms with Crippen molar-refractivity contribution in [3.05, 3.63) is 41.4 Å². The van der Waals surface area contributed by atoms with Crippen LogP contribution in [-0.2, 0) is 20.9 Å². The Kier molecular flexibility index (Phi) is 8.40. The summed E-state index contributed by atoms with van der Waals surface area (Å²) in [6.45, 7) is 3.75. The van der Waals surface area contributed by atoms with Crippen LogP contribution in [0, 0.1) is 5.92 Å². The van der Waals surface area contributed by atoms with E-state index in [1.165, 1.54) is 0 Å². The van der Waals surface area contributed by atoms with Gasteiger partial charge in [-0.2, -0.15) is 0 Å². The number of esters is 1. The normalized spacial score (nSPS) is 14.2. The highest BCUT2D eigenvalue weighted by Crippen LogP contribution is 2.23. The molecule has 1 fully saturated rings. The van der Waals surface area contributed by atoms with Gasteiger partial charge in [-0.1, -0.05) is 30.3 Å². The average Bonchev–Trinajstić information content (AvgIpc) is 3.27. The number of hydrogen-bond acceptors (Lipinski definition) is 6. The zero-order valence-corrected chi connectivity index (χ0v) is 18.5. The van der Waals surface area contributed by atoms with Gasteiger partial charge in [-0.15, -0.1) is 11.3 Å². The minimum absolute atomic E-state index is 0.00312. The average molecular weight is 445 g/mol. The molecule has 8 nitrogen and oxygen atoms in total. The standard InChI is InChI=1S/C22H28N4O4S/c1-2-30-19(27)8-11-23-22(29)26-12-9-16(10-13-26)20(28)24-14-18-15-31-21(25-18)17-6-4-3-5-7-17/h3-7,15-16H,2,8-14H2,1H3,(H,23,29)(H,24,28). The number of urea groups is 1. The van der Waals surface area contributed by atoms with E-state index in [0.29, 0.717) is 39.1 Å². The van der Waals surface area contributed by atoms with Gasteiger partial charge >= 0.3 is 12.0 Å². The van der Waals surface area contributed by atoms with Crippen LogP contribution in [0.4, 0.5) is 4.79 Å². The van der Waals surface area contributed by atoms with Crippen molar-refractivity contribution in [2.75, 3.05) is 26.2 Å². The molecule has 9 heteroatoms. The van der Waals surface area contributed by atoms with E-state index in [0.717, 1.165) is 16.3 Å². The Morgan fingerprint density at radius 2 is 1.90 bits per heavy atom. The molecule has 1 aliphatic heterocycles. The maximum Gasteiger partial charge on any atom is 0.317 e. The number of nitrogens with one attached hydrogen (secondary N) is 2. The molecule has 3 rings (SSSR count). The predicted octanol–water partition coefficient (Wildman–Crippen LogP) is 2.80. The van der Waals surface area contributed by atoms with Gasteiger partial charge in [0.1, 0.15) is 5.01 Å². The predicted molar refractivity (Wildman–Crippen MR) is 118 cm³/mol. The highest BCUT2D eigenvalue weighted by molar-refractivity contribution is 7.13. The quantitative estimate of drug-likeness (QED) is 0.610. The van der Waals surface area contributed by atoms with Gasteiger partial charge in [0.05, 0.1) is 25.3 Å². The van der Waals surface area contributed by atoms with E-state index in [1.54, 1.807) is 23.2 Å². The lowest BCUT2D eigenvalue weighted by molar-refractivity contribution is -0.142. The van der Waals surface area contributed by atoms with Crippen molar-refractivity contribution in [2.45, 2.75) is 32.7 Å². The fourth-order valence-electron chi connectivity index (χ4n) is 3.38. The van der Waals surface area contributed by atoms with Crippen LogP contribution in [0.1, 0.15) is 31.9 Å². The number of nitrogens with zero attached hydrogens (tertiary/aromatic N) is 2. The minimum Gasteiger partial charge on any atom is -0.466 e. The maximum atomic E-state index is 12.5. The molecule has 3 amide bonds. The molecule has 1 aromatic heterocycles. The summed E-state index contributed by atoms with van der Waals surface area (Å²) in [5.74, 6) is -0.443. The van der Waals surface area contributed by atoms with Crippen LogP contribution in [0.25, 0.3) is 10.6 Å². The highest BCUT2D eigenvalue weighted by atomic mass is 32.1. The molecular formula is C22H28N4O4S. The van der Waals surface area contributed by atoms with Crippen molar-refractivity contribution in [2.24, 2.45) is 5.92 Å². The van der Waals surface area contributed by atoms with Gasteiger partial charge in [0.2, 0.25) is 5.91 Å². The van der Waals surface area contributed by atoms with Crippen molar-refractivity contribution < 1.29 is 19.1 Å². The van der Waals surface area contributed by atoms with Gasteiger partial charge in [-0.25, -0.2) is 9.78 Å². The van der Waals surface area contributed by atoms with Gasteiger partial charge in [0.15, 0.2) is 0 Å². The minimum atomic E-state index is -0.325. The molecule has 1 saturated heterocycles. The largest absolute Gasteiger partial charge is 0.466 e. The van der Waals surface area contributed by atoms with Gasteiger partial charge in [0.25, 0.3) is 0 Å². The summed E-state index contributed by atoms with van der Waals surface area (Å²) in [5, 5.41) is 8.60. The Bertz CT molecular complexity index is 879. The zero-order valence-electron chi connectivity index (χ0n) is 17.6. The van der Waals surface area contributed by atoms with Crippen LogP contribution < -0.4 is 10.6 Å². The molecule has 0 radical (unpaired) electrons. The lowest BCUT2D eigenvalue weighted by Crippen LogP contribution is -2.47. The first kappa shape index (κ1) is 22.7. The second-order valence-electron chi connectivity index (χ2n) is 7.28. The molecule has 1 aromatic carbocycles. The molecule has 0 aliphatic carbocycles. The van der Waals surface area contributed by atoms with E-state index in [1.807, 2.05) is 35.7 Å². The topological polar surface area (TPSA) is 101 Å². The van der Waals surface area contributed by atoms with Crippen LogP contribution in [0.3, 0.4) is 0 Å². The maximum absolute atomic E-state index is 12.5. The Labute approximate surface area is 186 Å². The molecule has 166 valence electrons. The third-order valence-electron chi connectivity index (χ3n) is 5.08. The second kappa shape index (κ2) is 11.5. The number of carbonyl (C=O) groups is 3. The molecule has 2 N–H and O–H groups in total. The van der Waals surface area contributed by atoms with Crippen molar-refractivity contribution in [3.8, 4) is 10.6 Å². The molecule has 0 spiro atoms. The summed E-state index contributed by atoms with van der Waals surface area (Å²) < 4.78 is 4.84. The van der Waals surface area contributed by atoms with E-state index in [2.05, 4.69) is 15.6 Å². The van der Waals surface area contributed by atoms with Crippen LogP contribution in [-0.4, -0.2) is 54.0 Å². The number of benzene rings is 1. The highest BCUT2D eigenvalue weighted by Gasteiger charge is 2.27. The lowest BCUT2D eigenvalue weighted by atomic mass is 9.96. The summed E-state index contributed by atoms with van der Waals surface area (Å²) in [7, 11) is 0. The van der Waals surface area contributed by atoms with Gasteiger partial charge in [0, 0.05) is 36.5 Å². The number of amides is 3. The SMILES string of the molecule is CCOC(=O)CCNC(=O)N1CCC(C(=O)NCc2csc(-c3ccccc3)n2)CC1. The van der Waals surface area contributed by atoms with Crippen LogP contribution in [0.5, 0.6) is 0 Å². The molecule has 0 atom stereocenters. The Morgan fingerprint density at radius 1 is 1.16 bits per heavy atom. The number of rotatable bonds is 8. The van der Waals surface area contributed by atoms with Crippen molar-refractivity contribution in [3.63, 3.8) is 0 Å². The number of hydrogen-bond donors (Lipinski definition) is 2. The number of aromatic nitrogens is 1. The second-order valence-corrected chi connectivity index (χ2v) is 8.13. The summed E-state index contributed by atoms with van der Waals surface area (Å²) in [6.07, 6.45) is 1.38. The fourth-order valence-corrected chi connectivity index (χ4v) is 4.21. The summed E-state index contributed by atoms with van der Waals surface area (Å²) in [4.78, 5) is 42.3. The molecule has 2 aromatic rings. The Balaban J connectivity index is 1.37. The van der Waals surface area contributed by atoms with Crippen molar-refractivity contribution >= 4 is 29.2 Å². The Hall–Kier alpha value is -2.94. The summed E-state index contributed by atoms with van der Waals surface area (Å²) in [6, 6.07) is 9.75. The first-order chi connectivity index (χ1) is 15.1. The number of likely N-dealkylation sites (tertiary alicyclic amines) is 1. The first-order valence-electron chi connectivity index (χ1n) is 10.5. The number of piperidine rings is 1. The lowest BCUT2D eigenvalue weighted by Gasteiger charge is -2.31. The number of thiazole rings is 1. The monoisotopic (exact) mass is 444 g/mol. The molecular weight excluding hydrogens is 416 g/mol. The van der Waals surface area contributed by atoms with Gasteiger partial charge in [-0.05, 0) is 19.8 Å². The molecule has 0 saturated carbocycles. The van der Waals surface area contributed by atoms with E-state index in [4.69, 9.17) is 4.74 Å². The molecule has 0 unspecified atom stereocenters. The molecule has 31 heavy (non-hydrogen) atoms. The number of ether oxygens (including phenoxy) is 1. The molecule has 0 bridgehead atoms. The van der Waals surface area contributed by atoms with Crippen LogP contribution in [0.2, 0.25) is 0 Å². The Morgan fingerprint density at radius 3 is 2.61 bits per heavy atom. The summed E-state index contributed by atoms with van der Waals surface area (Å²) in [5.41, 5.74) is 1.91. The zero-order chi connectivity index (χ0) is 22.1. The third kappa shape index (κ3) is 6.78. The van der Waals surface area contributed by atoms with Gasteiger partial charge in [-0.3, -0.25) is 9.59 Å². The van der Waals surface area contributed by atoms with Gasteiger partial charge < -0.3 is 20.3 Å². The van der Waals surface area contributed by atoms with Crippen molar-refractivity contribution in [1.29, 1.82) is 0 Å². The number of carbonyl (C=O) groups excluding carboxylic acids is 3. The smallest absolute Gasteiger partial charge is 0.317 e. The van der Waals surface area contributed by atoms with E-state index < -0.39 is 0 Å². The van der Waals surface area contributed by atoms with Crippen molar-refractivity contribution in [1.82, 2.24) is 20.5 Å². The van der Waals surface area contributed by atoms with E-state index in [9.17, 15) is 14.4 Å². The molecule has 1 aliphatic rings. The fraction of sp³-hybridized carbons (Fsp3) is 0.455. The van der Waals surface area contributed by atoms with Crippen LogP contribution >= 0.6 is 11.3 Å². The van der Waals surface area contributed by atoms with Crippen LogP contribution in [0.15, 0.2) is 35.7 Å². The first-order valence-corrected chi connectivity index (χ1v) is 11.4. The van der Waals surface area contributed by atoms with E-state index >= 15 is 0 Å². The van der Waals surface area contributed by atoms with E-state index in [-0.39, 0.29) is 36.8 Å². The molecule has 2 heterocycles. The summed E-state index contributed by atoms with van der Waals surface area (Å²) >= 11 is 1.56.